The molecule has 0 saturated heterocycles. The smallest absolute Gasteiger partial charge is 0.137 e. The lowest BCUT2D eigenvalue weighted by molar-refractivity contribution is 1.00. The van der Waals surface area contributed by atoms with Gasteiger partial charge in [-0.1, -0.05) is 0 Å². The van der Waals surface area contributed by atoms with Gasteiger partial charge in [-0.05, 0) is 0 Å². The number of aromatic nitrogens is 1. The number of nitrogens with one attached hydrogen (secondary N) is 2. The Morgan fingerprint density at radius 2 is 2.67 bits per heavy atom. The highest BCUT2D eigenvalue weighted by Crippen LogP contribution is 2.12. The summed E-state index contributed by atoms with van der Waals surface area (Å²) in [6.07, 6.45) is 0. The fourth-order valence-electron chi connectivity index (χ4n) is 0.507. The first-order valence-electron chi connectivity index (χ1n) is 2.63. The Balaban J connectivity index is 2.74. The molecule has 1 rings (SSSR count). The molecular formula is C5H8N3S. The number of hydrogen-bond donors (Lipinski definition) is 1. The van der Waals surface area contributed by atoms with Gasteiger partial charge in [0, 0.05) is 12.4 Å². The van der Waals surface area contributed by atoms with Gasteiger partial charge in [0.1, 0.15) is 10.8 Å². The van der Waals surface area contributed by atoms with E-state index in [9.17, 15) is 0 Å². The Labute approximate surface area is 57.9 Å². The third-order valence-corrected chi connectivity index (χ3v) is 1.81. The van der Waals surface area contributed by atoms with Crippen LogP contribution in [0.4, 0.5) is 5.82 Å². The lowest BCUT2D eigenvalue weighted by atomic mass is 10.7. The van der Waals surface area contributed by atoms with Gasteiger partial charge in [0.15, 0.2) is 0 Å². The summed E-state index contributed by atoms with van der Waals surface area (Å²) in [4.78, 5) is 4.07. The molecule has 1 heterocycles. The molecule has 9 heavy (non-hydrogen) atoms. The van der Waals surface area contributed by atoms with Crippen molar-refractivity contribution in [1.29, 1.82) is 0 Å². The molecule has 0 aliphatic rings. The maximum Gasteiger partial charge on any atom is 0.137 e. The monoisotopic (exact) mass is 142 g/mol. The van der Waals surface area contributed by atoms with Crippen LogP contribution in [0.25, 0.3) is 0 Å². The van der Waals surface area contributed by atoms with Gasteiger partial charge in [0.05, 0.1) is 6.54 Å². The quantitative estimate of drug-likeness (QED) is 0.668. The second-order valence-electron chi connectivity index (χ2n) is 1.55. The van der Waals surface area contributed by atoms with Crippen molar-refractivity contribution in [3.63, 3.8) is 0 Å². The summed E-state index contributed by atoms with van der Waals surface area (Å²) in [6.45, 7) is 0.284. The largest absolute Gasteiger partial charge is 0.372 e. The third-order valence-electron chi connectivity index (χ3n) is 0.959. The Hall–Kier alpha value is -0.610. The molecule has 0 spiro atoms. The number of thiazole rings is 1. The maximum absolute atomic E-state index is 6.95. The molecule has 1 radical (unpaired) electrons. The van der Waals surface area contributed by atoms with Gasteiger partial charge in [-0.2, -0.15) is 0 Å². The van der Waals surface area contributed by atoms with Crippen LogP contribution in [0, 0.1) is 0 Å². The molecule has 2 N–H and O–H groups in total. The van der Waals surface area contributed by atoms with Crippen LogP contribution in [-0.2, 0) is 6.54 Å². The summed E-state index contributed by atoms with van der Waals surface area (Å²) >= 11 is 1.51. The van der Waals surface area contributed by atoms with Crippen LogP contribution in [0.1, 0.15) is 5.01 Å². The normalized spacial score (nSPS) is 9.56. The highest BCUT2D eigenvalue weighted by molar-refractivity contribution is 7.10. The summed E-state index contributed by atoms with van der Waals surface area (Å²) in [5.74, 6) is 0.863. The van der Waals surface area contributed by atoms with Gasteiger partial charge in [-0.25, -0.2) is 4.98 Å². The lowest BCUT2D eigenvalue weighted by Crippen LogP contribution is -1.88. The Morgan fingerprint density at radius 3 is 3.00 bits per heavy atom. The molecule has 4 heteroatoms. The second-order valence-corrected chi connectivity index (χ2v) is 2.50. The first-order valence-corrected chi connectivity index (χ1v) is 3.51. The van der Waals surface area contributed by atoms with E-state index in [-0.39, 0.29) is 6.54 Å². The summed E-state index contributed by atoms with van der Waals surface area (Å²) in [5, 5.41) is 5.66. The minimum absolute atomic E-state index is 0.284. The van der Waals surface area contributed by atoms with Crippen LogP contribution in [0.15, 0.2) is 5.38 Å². The fraction of sp³-hybridized carbons (Fsp3) is 0.400. The van der Waals surface area contributed by atoms with Crippen LogP contribution in [-0.4, -0.2) is 12.0 Å². The van der Waals surface area contributed by atoms with Crippen molar-refractivity contribution in [1.82, 2.24) is 10.7 Å². The van der Waals surface area contributed by atoms with Gasteiger partial charge < -0.3 is 5.32 Å². The molecule has 0 fully saturated rings. The van der Waals surface area contributed by atoms with Gasteiger partial charge in [-0.3, -0.25) is 5.73 Å². The lowest BCUT2D eigenvalue weighted by Gasteiger charge is -1.87. The predicted molar refractivity (Wildman–Crippen MR) is 38.5 cm³/mol. The van der Waals surface area contributed by atoms with E-state index in [0.717, 1.165) is 10.8 Å². The van der Waals surface area contributed by atoms with Crippen LogP contribution in [0.2, 0.25) is 0 Å². The van der Waals surface area contributed by atoms with Crippen LogP contribution < -0.4 is 11.1 Å². The van der Waals surface area contributed by atoms with Crippen molar-refractivity contribution in [2.75, 3.05) is 12.4 Å². The zero-order chi connectivity index (χ0) is 6.69. The molecule has 3 nitrogen and oxygen atoms in total. The number of rotatable bonds is 2. The molecule has 1 aromatic rings. The molecule has 0 saturated carbocycles. The number of hydrogen-bond acceptors (Lipinski definition) is 3. The van der Waals surface area contributed by atoms with E-state index in [4.69, 9.17) is 5.73 Å². The molecule has 0 aliphatic carbocycles. The number of nitrogens with zero attached hydrogens (tertiary/aromatic N) is 1. The molecule has 49 valence electrons. The molecule has 0 bridgehead atoms. The molecule has 0 aromatic carbocycles. The van der Waals surface area contributed by atoms with Crippen molar-refractivity contribution in [3.8, 4) is 0 Å². The molecule has 0 atom stereocenters. The fourth-order valence-corrected chi connectivity index (χ4v) is 1.16. The van der Waals surface area contributed by atoms with Crippen LogP contribution >= 0.6 is 11.3 Å². The maximum atomic E-state index is 6.95. The Bertz CT molecular complexity index is 166. The average molecular weight is 142 g/mol. The third kappa shape index (κ3) is 1.40. The highest BCUT2D eigenvalue weighted by atomic mass is 32.1. The van der Waals surface area contributed by atoms with Gasteiger partial charge in [-0.15, -0.1) is 11.3 Å². The van der Waals surface area contributed by atoms with Crippen molar-refractivity contribution in [3.05, 3.63) is 10.4 Å². The van der Waals surface area contributed by atoms with Gasteiger partial charge in [0.25, 0.3) is 0 Å². The molecule has 0 unspecified atom stereocenters. The first kappa shape index (κ1) is 6.51. The summed E-state index contributed by atoms with van der Waals surface area (Å²) in [7, 11) is 1.82. The van der Waals surface area contributed by atoms with Crippen LogP contribution in [0.3, 0.4) is 0 Å². The van der Waals surface area contributed by atoms with E-state index in [1.807, 2.05) is 12.4 Å². The first-order chi connectivity index (χ1) is 4.36. The second kappa shape index (κ2) is 2.80. The predicted octanol–water partition coefficient (Wildman–Crippen LogP) is 0.968. The zero-order valence-corrected chi connectivity index (χ0v) is 5.96. The van der Waals surface area contributed by atoms with Crippen molar-refractivity contribution < 1.29 is 0 Å². The molecule has 1 aromatic heterocycles. The van der Waals surface area contributed by atoms with E-state index in [2.05, 4.69) is 10.3 Å². The van der Waals surface area contributed by atoms with E-state index in [0.29, 0.717) is 0 Å². The van der Waals surface area contributed by atoms with E-state index in [1.165, 1.54) is 11.3 Å². The van der Waals surface area contributed by atoms with Crippen molar-refractivity contribution >= 4 is 17.2 Å². The van der Waals surface area contributed by atoms with E-state index in [1.54, 1.807) is 0 Å². The summed E-state index contributed by atoms with van der Waals surface area (Å²) in [5.41, 5.74) is 6.95. The Morgan fingerprint density at radius 1 is 1.89 bits per heavy atom. The zero-order valence-electron chi connectivity index (χ0n) is 5.14. The molecular weight excluding hydrogens is 134 g/mol. The Kier molecular flexibility index (Phi) is 2.02. The highest BCUT2D eigenvalue weighted by Gasteiger charge is 1.95. The number of anilines is 1. The molecule has 0 amide bonds. The minimum Gasteiger partial charge on any atom is -0.372 e. The minimum atomic E-state index is 0.284. The summed E-state index contributed by atoms with van der Waals surface area (Å²) < 4.78 is 0. The van der Waals surface area contributed by atoms with Crippen LogP contribution in [0.5, 0.6) is 0 Å². The van der Waals surface area contributed by atoms with Gasteiger partial charge in [0.2, 0.25) is 0 Å². The van der Waals surface area contributed by atoms with E-state index >= 15 is 0 Å². The van der Waals surface area contributed by atoms with Crippen molar-refractivity contribution in [2.24, 2.45) is 0 Å². The molecule has 0 aliphatic heterocycles. The topological polar surface area (TPSA) is 48.7 Å². The van der Waals surface area contributed by atoms with Crippen molar-refractivity contribution in [2.45, 2.75) is 6.54 Å². The standard InChI is InChI=1S/C5H8N3S/c1-7-4-3-9-5(2-6)8-4/h3,6-7H,2H2,1H3. The van der Waals surface area contributed by atoms with Gasteiger partial charge >= 0.3 is 0 Å². The SMILES string of the molecule is CNc1csc(C[NH])n1. The average Bonchev–Trinajstić information content (AvgIpc) is 2.34. The summed E-state index contributed by atoms with van der Waals surface area (Å²) in [6, 6.07) is 0. The van der Waals surface area contributed by atoms with E-state index < -0.39 is 0 Å².